The molecule has 0 bridgehead atoms. The van der Waals surface area contributed by atoms with Crippen molar-refractivity contribution in [1.82, 2.24) is 10.6 Å². The summed E-state index contributed by atoms with van der Waals surface area (Å²) in [7, 11) is 0. The van der Waals surface area contributed by atoms with Gasteiger partial charge in [0.2, 0.25) is 0 Å². The molecule has 1 fully saturated rings. The lowest BCUT2D eigenvalue weighted by atomic mass is 9.92. The molecule has 1 aliphatic heterocycles. The third kappa shape index (κ3) is 3.11. The topological polar surface area (TPSA) is 24.1 Å². The van der Waals surface area contributed by atoms with Crippen molar-refractivity contribution in [3.63, 3.8) is 0 Å². The van der Waals surface area contributed by atoms with Gasteiger partial charge in [0.15, 0.2) is 0 Å². The van der Waals surface area contributed by atoms with Gasteiger partial charge in [-0.05, 0) is 39.7 Å². The molecule has 2 N–H and O–H groups in total. The summed E-state index contributed by atoms with van der Waals surface area (Å²) in [5.74, 6) is 0.811. The zero-order chi connectivity index (χ0) is 9.19. The summed E-state index contributed by atoms with van der Waals surface area (Å²) in [6, 6.07) is 0.652. The Labute approximate surface area is 76.1 Å². The molecular formula is C10H22N2. The van der Waals surface area contributed by atoms with Crippen molar-refractivity contribution in [2.24, 2.45) is 5.92 Å². The molecule has 0 radical (unpaired) electrons. The quantitative estimate of drug-likeness (QED) is 0.621. The van der Waals surface area contributed by atoms with Crippen molar-refractivity contribution in [3.8, 4) is 0 Å². The average molecular weight is 170 g/mol. The van der Waals surface area contributed by atoms with Crippen molar-refractivity contribution in [3.05, 3.63) is 0 Å². The van der Waals surface area contributed by atoms with Gasteiger partial charge in [-0.3, -0.25) is 0 Å². The molecule has 72 valence electrons. The lowest BCUT2D eigenvalue weighted by molar-refractivity contribution is 0.244. The monoisotopic (exact) mass is 170 g/mol. The maximum absolute atomic E-state index is 3.65. The minimum atomic E-state index is 0.248. The highest BCUT2D eigenvalue weighted by molar-refractivity contribution is 4.85. The Kier molecular flexibility index (Phi) is 3.13. The zero-order valence-electron chi connectivity index (χ0n) is 8.78. The van der Waals surface area contributed by atoms with Crippen molar-refractivity contribution in [1.29, 1.82) is 0 Å². The lowest BCUT2D eigenvalue weighted by Gasteiger charge is -2.35. The van der Waals surface area contributed by atoms with Gasteiger partial charge in [0.05, 0.1) is 0 Å². The van der Waals surface area contributed by atoms with Gasteiger partial charge in [0.25, 0.3) is 0 Å². The summed E-state index contributed by atoms with van der Waals surface area (Å²) in [6.45, 7) is 11.3. The van der Waals surface area contributed by atoms with Crippen molar-refractivity contribution in [2.75, 3.05) is 13.1 Å². The van der Waals surface area contributed by atoms with E-state index < -0.39 is 0 Å². The summed E-state index contributed by atoms with van der Waals surface area (Å²) < 4.78 is 0. The first kappa shape index (κ1) is 10.0. The molecule has 12 heavy (non-hydrogen) atoms. The Bertz CT molecular complexity index is 137. The molecule has 1 saturated heterocycles. The van der Waals surface area contributed by atoms with Crippen LogP contribution in [-0.2, 0) is 0 Å². The van der Waals surface area contributed by atoms with Gasteiger partial charge in [-0.15, -0.1) is 0 Å². The molecule has 0 aromatic rings. The number of nitrogens with one attached hydrogen (secondary N) is 2. The van der Waals surface area contributed by atoms with E-state index in [-0.39, 0.29) is 5.54 Å². The molecule has 0 spiro atoms. The molecule has 1 aliphatic rings. The molecule has 0 unspecified atom stereocenters. The van der Waals surface area contributed by atoms with E-state index in [1.807, 2.05) is 0 Å². The predicted octanol–water partition coefficient (Wildman–Crippen LogP) is 1.37. The van der Waals surface area contributed by atoms with Crippen LogP contribution in [0, 0.1) is 5.92 Å². The van der Waals surface area contributed by atoms with Crippen LogP contribution in [0.3, 0.4) is 0 Å². The van der Waals surface area contributed by atoms with Gasteiger partial charge in [-0.2, -0.15) is 0 Å². The van der Waals surface area contributed by atoms with Gasteiger partial charge < -0.3 is 10.6 Å². The highest BCUT2D eigenvalue weighted by atomic mass is 15.0. The van der Waals surface area contributed by atoms with Crippen LogP contribution in [0.1, 0.15) is 34.1 Å². The van der Waals surface area contributed by atoms with Gasteiger partial charge in [-0.25, -0.2) is 0 Å². The largest absolute Gasteiger partial charge is 0.315 e. The van der Waals surface area contributed by atoms with Gasteiger partial charge in [0, 0.05) is 18.1 Å². The number of hydrogen-bond donors (Lipinski definition) is 2. The van der Waals surface area contributed by atoms with Crippen LogP contribution in [0.4, 0.5) is 0 Å². The summed E-state index contributed by atoms with van der Waals surface area (Å²) in [5.41, 5.74) is 0.248. The number of hydrogen-bond acceptors (Lipinski definition) is 2. The summed E-state index contributed by atoms with van der Waals surface area (Å²) >= 11 is 0. The van der Waals surface area contributed by atoms with E-state index in [1.165, 1.54) is 13.0 Å². The minimum absolute atomic E-state index is 0.248. The molecule has 2 atom stereocenters. The van der Waals surface area contributed by atoms with E-state index >= 15 is 0 Å². The third-order valence-corrected chi connectivity index (χ3v) is 2.45. The van der Waals surface area contributed by atoms with Crippen LogP contribution in [0.15, 0.2) is 0 Å². The van der Waals surface area contributed by atoms with E-state index in [0.717, 1.165) is 12.5 Å². The van der Waals surface area contributed by atoms with Gasteiger partial charge >= 0.3 is 0 Å². The van der Waals surface area contributed by atoms with E-state index in [4.69, 9.17) is 0 Å². The lowest BCUT2D eigenvalue weighted by Crippen LogP contribution is -2.54. The standard InChI is InChI=1S/C10H22N2/c1-8-5-6-11-7-9(8)12-10(2,3)4/h8-9,11-12H,5-7H2,1-4H3/t8-,9-/m0/s1. The normalized spacial score (nSPS) is 32.0. The first-order chi connectivity index (χ1) is 5.49. The van der Waals surface area contributed by atoms with E-state index in [0.29, 0.717) is 6.04 Å². The second-order valence-corrected chi connectivity index (χ2v) is 4.97. The maximum Gasteiger partial charge on any atom is 0.0223 e. The maximum atomic E-state index is 3.65. The predicted molar refractivity (Wildman–Crippen MR) is 53.3 cm³/mol. The van der Waals surface area contributed by atoms with Gasteiger partial charge in [-0.1, -0.05) is 6.92 Å². The Morgan fingerprint density at radius 3 is 2.50 bits per heavy atom. The molecular weight excluding hydrogens is 148 g/mol. The van der Waals surface area contributed by atoms with Crippen LogP contribution in [-0.4, -0.2) is 24.7 Å². The second-order valence-electron chi connectivity index (χ2n) is 4.97. The highest BCUT2D eigenvalue weighted by Gasteiger charge is 2.24. The molecule has 1 heterocycles. The van der Waals surface area contributed by atoms with Crippen LogP contribution >= 0.6 is 0 Å². The third-order valence-electron chi connectivity index (χ3n) is 2.45. The summed E-state index contributed by atoms with van der Waals surface area (Å²) in [4.78, 5) is 0. The Balaban J connectivity index is 2.39. The minimum Gasteiger partial charge on any atom is -0.315 e. The van der Waals surface area contributed by atoms with E-state index in [9.17, 15) is 0 Å². The van der Waals surface area contributed by atoms with Crippen LogP contribution < -0.4 is 10.6 Å². The smallest absolute Gasteiger partial charge is 0.0223 e. The second kappa shape index (κ2) is 3.75. The van der Waals surface area contributed by atoms with E-state index in [2.05, 4.69) is 38.3 Å². The first-order valence-corrected chi connectivity index (χ1v) is 4.97. The van der Waals surface area contributed by atoms with E-state index in [1.54, 1.807) is 0 Å². The first-order valence-electron chi connectivity index (χ1n) is 4.97. The zero-order valence-corrected chi connectivity index (χ0v) is 8.78. The molecule has 1 rings (SSSR count). The molecule has 0 aromatic carbocycles. The van der Waals surface area contributed by atoms with Crippen LogP contribution in [0.5, 0.6) is 0 Å². The van der Waals surface area contributed by atoms with Crippen molar-refractivity contribution >= 4 is 0 Å². The molecule has 2 nitrogen and oxygen atoms in total. The summed E-state index contributed by atoms with van der Waals surface area (Å²) in [6.07, 6.45) is 1.30. The fourth-order valence-corrected chi connectivity index (χ4v) is 1.74. The highest BCUT2D eigenvalue weighted by Crippen LogP contribution is 2.14. The summed E-state index contributed by atoms with van der Waals surface area (Å²) in [5, 5.41) is 7.07. The molecule has 0 amide bonds. The Hall–Kier alpha value is -0.0800. The van der Waals surface area contributed by atoms with Crippen LogP contribution in [0.25, 0.3) is 0 Å². The molecule has 2 heteroatoms. The Morgan fingerprint density at radius 1 is 1.33 bits per heavy atom. The molecule has 0 aliphatic carbocycles. The van der Waals surface area contributed by atoms with Crippen LogP contribution in [0.2, 0.25) is 0 Å². The van der Waals surface area contributed by atoms with Gasteiger partial charge in [0.1, 0.15) is 0 Å². The fourth-order valence-electron chi connectivity index (χ4n) is 1.74. The Morgan fingerprint density at radius 2 is 2.00 bits per heavy atom. The number of rotatable bonds is 1. The molecule has 0 aromatic heterocycles. The number of piperidine rings is 1. The molecule has 0 saturated carbocycles. The van der Waals surface area contributed by atoms with Crippen molar-refractivity contribution in [2.45, 2.75) is 45.7 Å². The van der Waals surface area contributed by atoms with Crippen molar-refractivity contribution < 1.29 is 0 Å². The average Bonchev–Trinajstić information content (AvgIpc) is 1.91. The SMILES string of the molecule is C[C@H]1CCNC[C@@H]1NC(C)(C)C. The fraction of sp³-hybridized carbons (Fsp3) is 1.00.